The summed E-state index contributed by atoms with van der Waals surface area (Å²) in [4.78, 5) is 23.3. The summed E-state index contributed by atoms with van der Waals surface area (Å²) >= 11 is 0. The van der Waals surface area contributed by atoms with Crippen molar-refractivity contribution in [3.63, 3.8) is 0 Å². The third-order valence-electron chi connectivity index (χ3n) is 4.07. The van der Waals surface area contributed by atoms with Crippen molar-refractivity contribution in [2.75, 3.05) is 5.32 Å². The van der Waals surface area contributed by atoms with Gasteiger partial charge in [0.2, 0.25) is 11.8 Å². The maximum absolute atomic E-state index is 12.2. The highest BCUT2D eigenvalue weighted by molar-refractivity contribution is 5.88. The van der Waals surface area contributed by atoms with E-state index >= 15 is 0 Å². The standard InChI is InChI=1S/C19H20N2O2/c1-13(22)21-16-9-5-6-14(10-16)12-20-19(23)18-11-17(18)15-7-3-2-4-8-15/h2-10,17-18H,11-12H2,1H3,(H,20,23)(H,21,22). The highest BCUT2D eigenvalue weighted by Gasteiger charge is 2.43. The Morgan fingerprint density at radius 1 is 1.09 bits per heavy atom. The fourth-order valence-corrected chi connectivity index (χ4v) is 2.84. The van der Waals surface area contributed by atoms with Gasteiger partial charge in [0.25, 0.3) is 0 Å². The van der Waals surface area contributed by atoms with Crippen molar-refractivity contribution in [1.82, 2.24) is 5.32 Å². The summed E-state index contributed by atoms with van der Waals surface area (Å²) < 4.78 is 0. The van der Waals surface area contributed by atoms with E-state index in [0.717, 1.165) is 17.7 Å². The molecule has 4 heteroatoms. The van der Waals surface area contributed by atoms with Gasteiger partial charge in [0.1, 0.15) is 0 Å². The molecule has 118 valence electrons. The lowest BCUT2D eigenvalue weighted by Crippen LogP contribution is -2.24. The molecular weight excluding hydrogens is 288 g/mol. The van der Waals surface area contributed by atoms with Crippen molar-refractivity contribution >= 4 is 17.5 Å². The van der Waals surface area contributed by atoms with E-state index in [9.17, 15) is 9.59 Å². The predicted octanol–water partition coefficient (Wildman–Crippen LogP) is 3.06. The Hall–Kier alpha value is -2.62. The Morgan fingerprint density at radius 3 is 2.61 bits per heavy atom. The van der Waals surface area contributed by atoms with Crippen LogP contribution in [0.1, 0.15) is 30.4 Å². The summed E-state index contributed by atoms with van der Waals surface area (Å²) in [6.07, 6.45) is 0.918. The van der Waals surface area contributed by atoms with Gasteiger partial charge in [0.05, 0.1) is 0 Å². The van der Waals surface area contributed by atoms with E-state index in [4.69, 9.17) is 0 Å². The van der Waals surface area contributed by atoms with Gasteiger partial charge in [0, 0.05) is 25.1 Å². The van der Waals surface area contributed by atoms with E-state index in [1.165, 1.54) is 12.5 Å². The number of anilines is 1. The molecule has 0 spiro atoms. The second-order valence-electron chi connectivity index (χ2n) is 5.96. The van der Waals surface area contributed by atoms with E-state index in [0.29, 0.717) is 12.5 Å². The van der Waals surface area contributed by atoms with Gasteiger partial charge in [-0.05, 0) is 35.6 Å². The van der Waals surface area contributed by atoms with Gasteiger partial charge >= 0.3 is 0 Å². The first kappa shape index (κ1) is 15.3. The first-order valence-corrected chi connectivity index (χ1v) is 7.82. The monoisotopic (exact) mass is 308 g/mol. The average Bonchev–Trinajstić information content (AvgIpc) is 3.34. The minimum atomic E-state index is -0.102. The number of hydrogen-bond acceptors (Lipinski definition) is 2. The fourth-order valence-electron chi connectivity index (χ4n) is 2.84. The molecule has 0 bridgehead atoms. The zero-order valence-corrected chi connectivity index (χ0v) is 13.1. The lowest BCUT2D eigenvalue weighted by Gasteiger charge is -2.08. The summed E-state index contributed by atoms with van der Waals surface area (Å²) in [7, 11) is 0. The summed E-state index contributed by atoms with van der Waals surface area (Å²) in [5.41, 5.74) is 2.96. The molecule has 2 atom stereocenters. The Morgan fingerprint density at radius 2 is 1.87 bits per heavy atom. The van der Waals surface area contributed by atoms with Crippen LogP contribution >= 0.6 is 0 Å². The number of carbonyl (C=O) groups excluding carboxylic acids is 2. The fraction of sp³-hybridized carbons (Fsp3) is 0.263. The molecule has 0 aliphatic heterocycles. The lowest BCUT2D eigenvalue weighted by atomic mass is 10.1. The summed E-state index contributed by atoms with van der Waals surface area (Å²) in [5, 5.41) is 5.73. The van der Waals surface area contributed by atoms with Crippen molar-refractivity contribution in [2.45, 2.75) is 25.8 Å². The van der Waals surface area contributed by atoms with Crippen molar-refractivity contribution < 1.29 is 9.59 Å². The molecule has 1 saturated carbocycles. The molecule has 2 amide bonds. The molecule has 1 fully saturated rings. The molecule has 0 heterocycles. The molecule has 1 aliphatic carbocycles. The highest BCUT2D eigenvalue weighted by Crippen LogP contribution is 2.47. The SMILES string of the molecule is CC(=O)Nc1cccc(CNC(=O)C2CC2c2ccccc2)c1. The Kier molecular flexibility index (Phi) is 4.42. The maximum atomic E-state index is 12.2. The van der Waals surface area contributed by atoms with Gasteiger partial charge in [-0.1, -0.05) is 42.5 Å². The first-order chi connectivity index (χ1) is 11.1. The second-order valence-corrected chi connectivity index (χ2v) is 5.96. The molecule has 3 rings (SSSR count). The van der Waals surface area contributed by atoms with Crippen LogP contribution in [0.15, 0.2) is 54.6 Å². The summed E-state index contributed by atoms with van der Waals surface area (Å²) in [6, 6.07) is 17.7. The number of hydrogen-bond donors (Lipinski definition) is 2. The van der Waals surface area contributed by atoms with E-state index in [2.05, 4.69) is 22.8 Å². The molecule has 0 saturated heterocycles. The highest BCUT2D eigenvalue weighted by atomic mass is 16.2. The molecule has 0 aromatic heterocycles. The van der Waals surface area contributed by atoms with Crippen LogP contribution in [0.4, 0.5) is 5.69 Å². The van der Waals surface area contributed by atoms with Crippen LogP contribution in [0.25, 0.3) is 0 Å². The molecule has 4 nitrogen and oxygen atoms in total. The number of nitrogens with one attached hydrogen (secondary N) is 2. The van der Waals surface area contributed by atoms with Crippen LogP contribution in [0, 0.1) is 5.92 Å². The Balaban J connectivity index is 1.53. The van der Waals surface area contributed by atoms with Crippen LogP contribution < -0.4 is 10.6 Å². The van der Waals surface area contributed by atoms with Gasteiger partial charge in [-0.3, -0.25) is 9.59 Å². The van der Waals surface area contributed by atoms with E-state index < -0.39 is 0 Å². The number of amides is 2. The maximum Gasteiger partial charge on any atom is 0.224 e. The quantitative estimate of drug-likeness (QED) is 0.892. The molecule has 23 heavy (non-hydrogen) atoms. The van der Waals surface area contributed by atoms with Crippen molar-refractivity contribution in [3.8, 4) is 0 Å². The molecule has 1 aliphatic rings. The molecule has 0 radical (unpaired) electrons. The molecule has 2 unspecified atom stereocenters. The van der Waals surface area contributed by atoms with Crippen molar-refractivity contribution in [1.29, 1.82) is 0 Å². The average molecular weight is 308 g/mol. The molecule has 2 aromatic carbocycles. The van der Waals surface area contributed by atoms with Gasteiger partial charge < -0.3 is 10.6 Å². The molecular formula is C19H20N2O2. The van der Waals surface area contributed by atoms with Gasteiger partial charge in [-0.15, -0.1) is 0 Å². The van der Waals surface area contributed by atoms with Crippen LogP contribution in [0.3, 0.4) is 0 Å². The van der Waals surface area contributed by atoms with Crippen molar-refractivity contribution in [2.24, 2.45) is 5.92 Å². The zero-order valence-electron chi connectivity index (χ0n) is 13.1. The van der Waals surface area contributed by atoms with E-state index in [1.807, 2.05) is 42.5 Å². The minimum Gasteiger partial charge on any atom is -0.352 e. The topological polar surface area (TPSA) is 58.2 Å². The number of rotatable bonds is 5. The largest absolute Gasteiger partial charge is 0.352 e. The number of carbonyl (C=O) groups is 2. The van der Waals surface area contributed by atoms with Gasteiger partial charge in [-0.25, -0.2) is 0 Å². The minimum absolute atomic E-state index is 0.0796. The molecule has 2 N–H and O–H groups in total. The lowest BCUT2D eigenvalue weighted by molar-refractivity contribution is -0.122. The third kappa shape index (κ3) is 3.97. The van der Waals surface area contributed by atoms with Gasteiger partial charge in [-0.2, -0.15) is 0 Å². The first-order valence-electron chi connectivity index (χ1n) is 7.82. The van der Waals surface area contributed by atoms with Gasteiger partial charge in [0.15, 0.2) is 0 Å². The normalized spacial score (nSPS) is 19.0. The van der Waals surface area contributed by atoms with Crippen LogP contribution in [-0.2, 0) is 16.1 Å². The number of benzene rings is 2. The van der Waals surface area contributed by atoms with Crippen LogP contribution in [0.5, 0.6) is 0 Å². The molecule has 2 aromatic rings. The predicted molar refractivity (Wildman–Crippen MR) is 89.9 cm³/mol. The smallest absolute Gasteiger partial charge is 0.224 e. The third-order valence-corrected chi connectivity index (χ3v) is 4.07. The van der Waals surface area contributed by atoms with E-state index in [1.54, 1.807) is 0 Å². The van der Waals surface area contributed by atoms with Crippen molar-refractivity contribution in [3.05, 3.63) is 65.7 Å². The Labute approximate surface area is 135 Å². The summed E-state index contributed by atoms with van der Waals surface area (Å²) in [6.45, 7) is 1.95. The summed E-state index contributed by atoms with van der Waals surface area (Å²) in [5.74, 6) is 0.427. The van der Waals surface area contributed by atoms with Crippen LogP contribution in [0.2, 0.25) is 0 Å². The zero-order chi connectivity index (χ0) is 16.2. The van der Waals surface area contributed by atoms with Crippen LogP contribution in [-0.4, -0.2) is 11.8 Å². The Bertz CT molecular complexity index is 712. The second kappa shape index (κ2) is 6.65. The van der Waals surface area contributed by atoms with E-state index in [-0.39, 0.29) is 17.7 Å².